The summed E-state index contributed by atoms with van der Waals surface area (Å²) in [4.78, 5) is 38.0. The molecule has 0 aromatic heterocycles. The smallest absolute Gasteiger partial charge is 0.306 e. The highest BCUT2D eigenvalue weighted by Crippen LogP contribution is 2.17. The minimum absolute atomic E-state index is 0.0720. The molecule has 65 heavy (non-hydrogen) atoms. The second kappa shape index (κ2) is 54.5. The van der Waals surface area contributed by atoms with Crippen LogP contribution in [0.25, 0.3) is 0 Å². The fraction of sp³-hybridized carbons (Fsp3) is 0.881. The minimum atomic E-state index is -0.772. The average molecular weight is 916 g/mol. The van der Waals surface area contributed by atoms with Crippen molar-refractivity contribution in [2.45, 2.75) is 322 Å². The number of carbonyl (C=O) groups excluding carboxylic acids is 3. The van der Waals surface area contributed by atoms with Gasteiger partial charge in [-0.05, 0) is 51.4 Å². The molecule has 0 N–H and O–H groups in total. The first-order chi connectivity index (χ1) is 32.0. The van der Waals surface area contributed by atoms with Crippen LogP contribution in [0.3, 0.4) is 0 Å². The highest BCUT2D eigenvalue weighted by Gasteiger charge is 2.19. The third kappa shape index (κ3) is 52.7. The molecule has 0 fully saturated rings. The first kappa shape index (κ1) is 62.9. The molecule has 6 nitrogen and oxygen atoms in total. The van der Waals surface area contributed by atoms with Crippen LogP contribution >= 0.6 is 0 Å². The number of allylic oxidation sites excluding steroid dienone is 4. The van der Waals surface area contributed by atoms with Crippen molar-refractivity contribution in [1.82, 2.24) is 0 Å². The van der Waals surface area contributed by atoms with Crippen molar-refractivity contribution in [2.75, 3.05) is 13.2 Å². The van der Waals surface area contributed by atoms with Gasteiger partial charge < -0.3 is 14.2 Å². The third-order valence-corrected chi connectivity index (χ3v) is 13.0. The molecule has 0 spiro atoms. The van der Waals surface area contributed by atoms with Crippen LogP contribution in [-0.2, 0) is 28.6 Å². The molecule has 0 amide bonds. The number of carbonyl (C=O) groups is 3. The van der Waals surface area contributed by atoms with Gasteiger partial charge in [0.15, 0.2) is 6.10 Å². The lowest BCUT2D eigenvalue weighted by atomic mass is 10.0. The maximum atomic E-state index is 12.8. The van der Waals surface area contributed by atoms with Gasteiger partial charge in [-0.1, -0.05) is 270 Å². The SMILES string of the molecule is CCCCCC/C=C\C/C=C\CCCCCCCC(=O)OC(COC(=O)CCCCCCCCCCC)COC(=O)CCCCCCCCCCCCCCCCCCCCCCCC. The molecule has 1 unspecified atom stereocenters. The Labute approximate surface area is 404 Å². The van der Waals surface area contributed by atoms with Gasteiger partial charge in [-0.15, -0.1) is 0 Å². The Morgan fingerprint density at radius 2 is 0.554 bits per heavy atom. The summed E-state index contributed by atoms with van der Waals surface area (Å²) >= 11 is 0. The van der Waals surface area contributed by atoms with E-state index in [1.807, 2.05) is 0 Å². The van der Waals surface area contributed by atoms with Crippen LogP contribution in [0, 0.1) is 0 Å². The first-order valence-electron chi connectivity index (χ1n) is 28.8. The number of ether oxygens (including phenoxy) is 3. The molecule has 0 aliphatic rings. The van der Waals surface area contributed by atoms with Crippen LogP contribution in [-0.4, -0.2) is 37.2 Å². The number of esters is 3. The molecule has 0 heterocycles. The molecule has 0 aromatic carbocycles. The van der Waals surface area contributed by atoms with Crippen molar-refractivity contribution in [3.05, 3.63) is 24.3 Å². The van der Waals surface area contributed by atoms with Gasteiger partial charge >= 0.3 is 17.9 Å². The van der Waals surface area contributed by atoms with Gasteiger partial charge in [-0.2, -0.15) is 0 Å². The Hall–Kier alpha value is -2.11. The molecule has 0 bridgehead atoms. The van der Waals surface area contributed by atoms with Gasteiger partial charge in [0.05, 0.1) is 0 Å². The monoisotopic (exact) mass is 915 g/mol. The van der Waals surface area contributed by atoms with Gasteiger partial charge in [0, 0.05) is 19.3 Å². The molecule has 0 rings (SSSR count). The molecule has 0 aliphatic carbocycles. The van der Waals surface area contributed by atoms with Crippen LogP contribution in [0.1, 0.15) is 316 Å². The van der Waals surface area contributed by atoms with E-state index in [0.29, 0.717) is 19.3 Å². The Kier molecular flexibility index (Phi) is 52.7. The lowest BCUT2D eigenvalue weighted by Crippen LogP contribution is -2.30. The van der Waals surface area contributed by atoms with Crippen LogP contribution in [0.15, 0.2) is 24.3 Å². The summed E-state index contributed by atoms with van der Waals surface area (Å²) in [7, 11) is 0. The minimum Gasteiger partial charge on any atom is -0.462 e. The summed E-state index contributed by atoms with van der Waals surface area (Å²) in [5, 5.41) is 0. The quantitative estimate of drug-likeness (QED) is 0.0262. The molecule has 0 aliphatic heterocycles. The van der Waals surface area contributed by atoms with Gasteiger partial charge in [0.1, 0.15) is 13.2 Å². The van der Waals surface area contributed by atoms with Crippen LogP contribution in [0.4, 0.5) is 0 Å². The van der Waals surface area contributed by atoms with Crippen molar-refractivity contribution in [2.24, 2.45) is 0 Å². The van der Waals surface area contributed by atoms with E-state index in [2.05, 4.69) is 45.1 Å². The van der Waals surface area contributed by atoms with Crippen LogP contribution in [0.2, 0.25) is 0 Å². The fourth-order valence-electron chi connectivity index (χ4n) is 8.59. The Morgan fingerprint density at radius 3 is 0.862 bits per heavy atom. The van der Waals surface area contributed by atoms with Crippen molar-refractivity contribution in [3.63, 3.8) is 0 Å². The van der Waals surface area contributed by atoms with Gasteiger partial charge in [-0.25, -0.2) is 0 Å². The predicted molar refractivity (Wildman–Crippen MR) is 279 cm³/mol. The van der Waals surface area contributed by atoms with Crippen LogP contribution < -0.4 is 0 Å². The maximum Gasteiger partial charge on any atom is 0.306 e. The Balaban J connectivity index is 4.21. The molecule has 0 radical (unpaired) electrons. The van der Waals surface area contributed by atoms with Crippen molar-refractivity contribution >= 4 is 17.9 Å². The Bertz CT molecular complexity index is 1050. The molecular formula is C59H110O6. The largest absolute Gasteiger partial charge is 0.462 e. The summed E-state index contributed by atoms with van der Waals surface area (Å²) < 4.78 is 16.8. The lowest BCUT2D eigenvalue weighted by molar-refractivity contribution is -0.167. The van der Waals surface area contributed by atoms with Crippen molar-refractivity contribution in [3.8, 4) is 0 Å². The molecule has 6 heteroatoms. The molecule has 0 saturated heterocycles. The second-order valence-electron chi connectivity index (χ2n) is 19.6. The molecule has 0 saturated carbocycles. The summed E-state index contributed by atoms with van der Waals surface area (Å²) in [6.45, 7) is 6.64. The predicted octanol–water partition coefficient (Wildman–Crippen LogP) is 19.1. The average Bonchev–Trinajstić information content (AvgIpc) is 3.30. The van der Waals surface area contributed by atoms with E-state index < -0.39 is 6.10 Å². The topological polar surface area (TPSA) is 78.9 Å². The summed E-state index contributed by atoms with van der Waals surface area (Å²) in [6.07, 6.45) is 63.2. The van der Waals surface area contributed by atoms with Crippen LogP contribution in [0.5, 0.6) is 0 Å². The maximum absolute atomic E-state index is 12.8. The Morgan fingerprint density at radius 1 is 0.308 bits per heavy atom. The molecule has 1 atom stereocenters. The zero-order valence-corrected chi connectivity index (χ0v) is 43.8. The summed E-state index contributed by atoms with van der Waals surface area (Å²) in [6, 6.07) is 0. The number of rotatable bonds is 53. The second-order valence-corrected chi connectivity index (χ2v) is 19.6. The van der Waals surface area contributed by atoms with E-state index in [1.54, 1.807) is 0 Å². The molecule has 0 aromatic rings. The van der Waals surface area contributed by atoms with E-state index in [0.717, 1.165) is 77.0 Å². The summed E-state index contributed by atoms with van der Waals surface area (Å²) in [5.41, 5.74) is 0. The number of hydrogen-bond donors (Lipinski definition) is 0. The van der Waals surface area contributed by atoms with E-state index in [1.165, 1.54) is 199 Å². The van der Waals surface area contributed by atoms with Gasteiger partial charge in [0.25, 0.3) is 0 Å². The van der Waals surface area contributed by atoms with Crippen molar-refractivity contribution < 1.29 is 28.6 Å². The number of hydrogen-bond acceptors (Lipinski definition) is 6. The zero-order valence-electron chi connectivity index (χ0n) is 43.8. The zero-order chi connectivity index (χ0) is 47.2. The van der Waals surface area contributed by atoms with E-state index in [4.69, 9.17) is 14.2 Å². The summed E-state index contributed by atoms with van der Waals surface area (Å²) in [5.74, 6) is -0.870. The highest BCUT2D eigenvalue weighted by atomic mass is 16.6. The van der Waals surface area contributed by atoms with E-state index in [9.17, 15) is 14.4 Å². The molecular weight excluding hydrogens is 805 g/mol. The normalized spacial score (nSPS) is 12.1. The first-order valence-corrected chi connectivity index (χ1v) is 28.8. The van der Waals surface area contributed by atoms with Crippen molar-refractivity contribution in [1.29, 1.82) is 0 Å². The van der Waals surface area contributed by atoms with E-state index in [-0.39, 0.29) is 31.1 Å². The number of unbranched alkanes of at least 4 members (excludes halogenated alkanes) is 38. The third-order valence-electron chi connectivity index (χ3n) is 13.0. The highest BCUT2D eigenvalue weighted by molar-refractivity contribution is 5.71. The lowest BCUT2D eigenvalue weighted by Gasteiger charge is -2.18. The van der Waals surface area contributed by atoms with Gasteiger partial charge in [0.2, 0.25) is 0 Å². The standard InChI is InChI=1S/C59H110O6/c1-4-7-10-13-16-19-21-23-25-27-28-29-30-31-32-34-35-37-40-43-46-49-52-58(61)64-55-56(54-63-57(60)51-48-45-42-39-18-15-12-9-6-3)65-59(62)53-50-47-44-41-38-36-33-26-24-22-20-17-14-11-8-5-2/h20,22,26,33,56H,4-19,21,23-25,27-32,34-55H2,1-3H3/b22-20-,33-26-. The van der Waals surface area contributed by atoms with E-state index >= 15 is 0 Å². The fourth-order valence-corrected chi connectivity index (χ4v) is 8.59. The molecule has 382 valence electrons. The van der Waals surface area contributed by atoms with Gasteiger partial charge in [-0.3, -0.25) is 14.4 Å².